The molecule has 13 heavy (non-hydrogen) atoms. The van der Waals surface area contributed by atoms with Crippen LogP contribution in [0.4, 0.5) is 4.39 Å². The molecule has 0 radical (unpaired) electrons. The molecule has 76 valence electrons. The number of likely N-dealkylation sites (tertiary alicyclic amines) is 1. The maximum absolute atomic E-state index is 13.5. The molecule has 2 saturated heterocycles. The lowest BCUT2D eigenvalue weighted by Gasteiger charge is -2.38. The average molecular weight is 186 g/mol. The molecule has 2 rings (SSSR count). The van der Waals surface area contributed by atoms with E-state index in [-0.39, 0.29) is 6.04 Å². The molecule has 3 heteroatoms. The van der Waals surface area contributed by atoms with Crippen molar-refractivity contribution in [1.82, 2.24) is 10.2 Å². The van der Waals surface area contributed by atoms with Gasteiger partial charge in [-0.25, -0.2) is 4.39 Å². The molecule has 2 fully saturated rings. The molecule has 2 aliphatic heterocycles. The van der Waals surface area contributed by atoms with Gasteiger partial charge in [-0.15, -0.1) is 0 Å². The molecule has 2 atom stereocenters. The van der Waals surface area contributed by atoms with Gasteiger partial charge in [0.1, 0.15) is 6.17 Å². The summed E-state index contributed by atoms with van der Waals surface area (Å²) in [7, 11) is 0. The zero-order valence-electron chi connectivity index (χ0n) is 8.14. The van der Waals surface area contributed by atoms with E-state index >= 15 is 0 Å². The first kappa shape index (κ1) is 9.41. The highest BCUT2D eigenvalue weighted by atomic mass is 19.1. The third-order valence-electron chi connectivity index (χ3n) is 3.23. The summed E-state index contributed by atoms with van der Waals surface area (Å²) in [6.45, 7) is 3.78. The summed E-state index contributed by atoms with van der Waals surface area (Å²) in [6.07, 6.45) is 4.19. The fourth-order valence-corrected chi connectivity index (χ4v) is 2.47. The fourth-order valence-electron chi connectivity index (χ4n) is 2.47. The highest BCUT2D eigenvalue weighted by Crippen LogP contribution is 2.19. The zero-order chi connectivity index (χ0) is 9.10. The van der Waals surface area contributed by atoms with Crippen molar-refractivity contribution in [1.29, 1.82) is 0 Å². The normalized spacial score (nSPS) is 37.6. The van der Waals surface area contributed by atoms with E-state index in [2.05, 4.69) is 10.2 Å². The zero-order valence-corrected chi connectivity index (χ0v) is 8.14. The molecule has 0 unspecified atom stereocenters. The van der Waals surface area contributed by atoms with Gasteiger partial charge in [0.2, 0.25) is 0 Å². The predicted molar refractivity (Wildman–Crippen MR) is 51.6 cm³/mol. The first-order valence-electron chi connectivity index (χ1n) is 5.47. The van der Waals surface area contributed by atoms with E-state index < -0.39 is 6.17 Å². The smallest absolute Gasteiger partial charge is 0.128 e. The standard InChI is InChI=1S/C10H19FN2/c11-9-8-12-5-4-10(9)13-6-2-1-3-7-13/h9-10,12H,1-8H2/t9-,10+/m0/s1. The Morgan fingerprint density at radius 2 is 1.92 bits per heavy atom. The maximum Gasteiger partial charge on any atom is 0.128 e. The molecule has 1 N–H and O–H groups in total. The van der Waals surface area contributed by atoms with E-state index in [1.54, 1.807) is 0 Å². The molecule has 0 aromatic rings. The van der Waals surface area contributed by atoms with E-state index in [1.807, 2.05) is 0 Å². The summed E-state index contributed by atoms with van der Waals surface area (Å²) in [5.41, 5.74) is 0. The first-order valence-corrected chi connectivity index (χ1v) is 5.47. The van der Waals surface area contributed by atoms with Crippen LogP contribution in [0.2, 0.25) is 0 Å². The van der Waals surface area contributed by atoms with Crippen LogP contribution in [0.15, 0.2) is 0 Å². The lowest BCUT2D eigenvalue weighted by atomic mass is 10.00. The summed E-state index contributed by atoms with van der Waals surface area (Å²) < 4.78 is 13.5. The van der Waals surface area contributed by atoms with E-state index in [0.717, 1.165) is 26.1 Å². The third-order valence-corrected chi connectivity index (χ3v) is 3.23. The molecule has 0 bridgehead atoms. The van der Waals surface area contributed by atoms with Crippen LogP contribution in [0.3, 0.4) is 0 Å². The van der Waals surface area contributed by atoms with E-state index in [9.17, 15) is 4.39 Å². The minimum absolute atomic E-state index is 0.210. The third kappa shape index (κ3) is 2.20. The monoisotopic (exact) mass is 186 g/mol. The summed E-state index contributed by atoms with van der Waals surface area (Å²) in [6, 6.07) is 0.210. The van der Waals surface area contributed by atoms with Gasteiger partial charge in [0.05, 0.1) is 0 Å². The predicted octanol–water partition coefficient (Wildman–Crippen LogP) is 1.17. The minimum atomic E-state index is -0.646. The Balaban J connectivity index is 1.88. The van der Waals surface area contributed by atoms with E-state index in [4.69, 9.17) is 0 Å². The van der Waals surface area contributed by atoms with Crippen LogP contribution in [-0.4, -0.2) is 43.3 Å². The number of piperidine rings is 2. The number of hydrogen-bond acceptors (Lipinski definition) is 2. The van der Waals surface area contributed by atoms with Gasteiger partial charge in [-0.1, -0.05) is 6.42 Å². The fraction of sp³-hybridized carbons (Fsp3) is 1.00. The molecular formula is C10H19FN2. The number of hydrogen-bond donors (Lipinski definition) is 1. The minimum Gasteiger partial charge on any atom is -0.314 e. The van der Waals surface area contributed by atoms with Crippen LogP contribution in [-0.2, 0) is 0 Å². The van der Waals surface area contributed by atoms with Crippen LogP contribution >= 0.6 is 0 Å². The lowest BCUT2D eigenvalue weighted by molar-refractivity contribution is 0.0694. The van der Waals surface area contributed by atoms with Gasteiger partial charge in [-0.3, -0.25) is 4.90 Å². The van der Waals surface area contributed by atoms with Crippen LogP contribution in [0.25, 0.3) is 0 Å². The molecule has 0 aliphatic carbocycles. The van der Waals surface area contributed by atoms with Crippen molar-refractivity contribution in [2.24, 2.45) is 0 Å². The highest BCUT2D eigenvalue weighted by molar-refractivity contribution is 4.86. The van der Waals surface area contributed by atoms with Crippen molar-refractivity contribution >= 4 is 0 Å². The molecule has 0 aromatic carbocycles. The second-order valence-electron chi connectivity index (χ2n) is 4.17. The van der Waals surface area contributed by atoms with Crippen molar-refractivity contribution in [3.05, 3.63) is 0 Å². The van der Waals surface area contributed by atoms with Gasteiger partial charge in [0, 0.05) is 12.6 Å². The SMILES string of the molecule is F[C@H]1CNCC[C@H]1N1CCCCC1. The van der Waals surface area contributed by atoms with Crippen molar-refractivity contribution in [3.8, 4) is 0 Å². The summed E-state index contributed by atoms with van der Waals surface area (Å²) >= 11 is 0. The summed E-state index contributed by atoms with van der Waals surface area (Å²) in [4.78, 5) is 2.36. The lowest BCUT2D eigenvalue weighted by Crippen LogP contribution is -2.52. The maximum atomic E-state index is 13.5. The summed E-state index contributed by atoms with van der Waals surface area (Å²) in [5.74, 6) is 0. The van der Waals surface area contributed by atoms with Crippen molar-refractivity contribution in [2.75, 3.05) is 26.2 Å². The Bertz CT molecular complexity index is 157. The first-order chi connectivity index (χ1) is 6.38. The van der Waals surface area contributed by atoms with Crippen LogP contribution < -0.4 is 5.32 Å². The van der Waals surface area contributed by atoms with Gasteiger partial charge in [0.15, 0.2) is 0 Å². The highest BCUT2D eigenvalue weighted by Gasteiger charge is 2.30. The summed E-state index contributed by atoms with van der Waals surface area (Å²) in [5, 5.41) is 3.10. The molecule has 0 aromatic heterocycles. The average Bonchev–Trinajstić information content (AvgIpc) is 2.20. The number of rotatable bonds is 1. The van der Waals surface area contributed by atoms with Gasteiger partial charge < -0.3 is 5.32 Å². The van der Waals surface area contributed by atoms with Gasteiger partial charge in [-0.05, 0) is 38.9 Å². The number of nitrogens with one attached hydrogen (secondary N) is 1. The second kappa shape index (κ2) is 4.38. The van der Waals surface area contributed by atoms with Gasteiger partial charge in [-0.2, -0.15) is 0 Å². The van der Waals surface area contributed by atoms with Crippen LogP contribution in [0, 0.1) is 0 Å². The molecule has 2 nitrogen and oxygen atoms in total. The van der Waals surface area contributed by atoms with Gasteiger partial charge in [0.25, 0.3) is 0 Å². The Morgan fingerprint density at radius 1 is 1.15 bits per heavy atom. The largest absolute Gasteiger partial charge is 0.314 e. The molecule has 0 saturated carbocycles. The quantitative estimate of drug-likeness (QED) is 0.661. The number of nitrogens with zero attached hydrogens (tertiary/aromatic N) is 1. The second-order valence-corrected chi connectivity index (χ2v) is 4.17. The number of halogens is 1. The van der Waals surface area contributed by atoms with Crippen molar-refractivity contribution in [2.45, 2.75) is 37.9 Å². The van der Waals surface area contributed by atoms with Crippen LogP contribution in [0.1, 0.15) is 25.7 Å². The molecule has 0 amide bonds. The molecular weight excluding hydrogens is 167 g/mol. The van der Waals surface area contributed by atoms with Crippen molar-refractivity contribution in [3.63, 3.8) is 0 Å². The van der Waals surface area contributed by atoms with Gasteiger partial charge >= 0.3 is 0 Å². The Morgan fingerprint density at radius 3 is 2.62 bits per heavy atom. The number of alkyl halides is 1. The Hall–Kier alpha value is -0.150. The molecule has 2 aliphatic rings. The molecule has 2 heterocycles. The Kier molecular flexibility index (Phi) is 3.17. The molecule has 0 spiro atoms. The van der Waals surface area contributed by atoms with Crippen LogP contribution in [0.5, 0.6) is 0 Å². The topological polar surface area (TPSA) is 15.3 Å². The van der Waals surface area contributed by atoms with E-state index in [1.165, 1.54) is 19.3 Å². The Labute approximate surface area is 79.5 Å². The van der Waals surface area contributed by atoms with E-state index in [0.29, 0.717) is 6.54 Å². The van der Waals surface area contributed by atoms with Crippen molar-refractivity contribution < 1.29 is 4.39 Å².